The molecule has 1 fully saturated rings. The Labute approximate surface area is 141 Å². The van der Waals surface area contributed by atoms with Gasteiger partial charge in [0.1, 0.15) is 11.1 Å². The molecule has 5 heteroatoms. The zero-order valence-electron chi connectivity index (χ0n) is 14.7. The number of nitrogens with two attached hydrogens (primary N) is 1. The molecule has 0 saturated carbocycles. The highest BCUT2D eigenvalue weighted by atomic mass is 16.4. The molecule has 1 aliphatic rings. The van der Waals surface area contributed by atoms with E-state index >= 15 is 0 Å². The van der Waals surface area contributed by atoms with Gasteiger partial charge in [0.2, 0.25) is 0 Å². The summed E-state index contributed by atoms with van der Waals surface area (Å²) in [6, 6.07) is 8.86. The van der Waals surface area contributed by atoms with Crippen LogP contribution >= 0.6 is 0 Å². The van der Waals surface area contributed by atoms with Crippen LogP contribution < -0.4 is 16.3 Å². The molecule has 1 amide bonds. The maximum Gasteiger partial charge on any atom is 0.349 e. The van der Waals surface area contributed by atoms with Crippen molar-refractivity contribution in [2.45, 2.75) is 57.7 Å². The maximum atomic E-state index is 12.6. The molecule has 3 N–H and O–H groups in total. The van der Waals surface area contributed by atoms with Crippen molar-refractivity contribution in [3.05, 3.63) is 46.3 Å². The Balaban J connectivity index is 1.85. The van der Waals surface area contributed by atoms with Crippen LogP contribution in [0.4, 0.5) is 0 Å². The average Bonchev–Trinajstić information content (AvgIpc) is 2.42. The van der Waals surface area contributed by atoms with Gasteiger partial charge < -0.3 is 15.1 Å². The molecule has 5 nitrogen and oxygen atoms in total. The first kappa shape index (κ1) is 16.7. The van der Waals surface area contributed by atoms with E-state index in [4.69, 9.17) is 4.42 Å². The van der Waals surface area contributed by atoms with Gasteiger partial charge in [-0.05, 0) is 39.8 Å². The molecule has 1 aromatic heterocycles. The summed E-state index contributed by atoms with van der Waals surface area (Å²) in [5.74, 6) is -0.354. The molecule has 0 radical (unpaired) electrons. The van der Waals surface area contributed by atoms with E-state index < -0.39 is 5.63 Å². The molecule has 0 atom stereocenters. The van der Waals surface area contributed by atoms with E-state index in [1.54, 1.807) is 18.2 Å². The first-order chi connectivity index (χ1) is 11.2. The molecule has 128 valence electrons. The smallest absolute Gasteiger partial charge is 0.349 e. The maximum absolute atomic E-state index is 12.6. The number of quaternary nitrogens is 1. The van der Waals surface area contributed by atoms with Crippen LogP contribution in [0.1, 0.15) is 50.9 Å². The number of carbonyl (C=O) groups excluding carboxylic acids is 1. The summed E-state index contributed by atoms with van der Waals surface area (Å²) in [4.78, 5) is 24.8. The summed E-state index contributed by atoms with van der Waals surface area (Å²) in [5, 5.41) is 6.14. The molecule has 1 saturated heterocycles. The van der Waals surface area contributed by atoms with E-state index in [2.05, 4.69) is 38.3 Å². The van der Waals surface area contributed by atoms with Crippen LogP contribution in [-0.2, 0) is 0 Å². The quantitative estimate of drug-likeness (QED) is 0.825. The zero-order chi connectivity index (χ0) is 17.5. The number of nitrogens with one attached hydrogen (secondary N) is 1. The Morgan fingerprint density at radius 3 is 2.46 bits per heavy atom. The van der Waals surface area contributed by atoms with E-state index in [9.17, 15) is 9.59 Å². The Hall–Kier alpha value is -2.14. The Bertz CT molecular complexity index is 820. The van der Waals surface area contributed by atoms with Crippen LogP contribution in [0.25, 0.3) is 11.0 Å². The largest absolute Gasteiger partial charge is 0.422 e. The number of amides is 1. The van der Waals surface area contributed by atoms with Crippen LogP contribution in [0.15, 0.2) is 39.5 Å². The summed E-state index contributed by atoms with van der Waals surface area (Å²) < 4.78 is 5.26. The van der Waals surface area contributed by atoms with Crippen molar-refractivity contribution in [2.75, 3.05) is 0 Å². The highest BCUT2D eigenvalue weighted by Crippen LogP contribution is 2.22. The molecule has 1 aliphatic heterocycles. The van der Waals surface area contributed by atoms with Crippen molar-refractivity contribution >= 4 is 16.9 Å². The number of fused-ring (bicyclic) bond motifs is 1. The number of piperidine rings is 1. The summed E-state index contributed by atoms with van der Waals surface area (Å²) in [5.41, 5.74) is 0.0705. The zero-order valence-corrected chi connectivity index (χ0v) is 14.7. The van der Waals surface area contributed by atoms with E-state index in [1.165, 1.54) is 0 Å². The van der Waals surface area contributed by atoms with Crippen LogP contribution in [-0.4, -0.2) is 23.0 Å². The van der Waals surface area contributed by atoms with Crippen molar-refractivity contribution in [1.29, 1.82) is 0 Å². The molecule has 0 aliphatic carbocycles. The number of hydrogen-bond donors (Lipinski definition) is 2. The molecule has 0 unspecified atom stereocenters. The van der Waals surface area contributed by atoms with E-state index in [1.807, 2.05) is 12.1 Å². The van der Waals surface area contributed by atoms with Gasteiger partial charge >= 0.3 is 5.63 Å². The molecule has 2 heterocycles. The standard InChI is InChI=1S/C19H24N2O3/c1-18(2)10-13(11-19(3,4)21-18)20-16(22)14-9-12-7-5-6-8-15(12)24-17(14)23/h5-9,13,21H,10-11H2,1-4H3,(H,20,22)/p+1. The summed E-state index contributed by atoms with van der Waals surface area (Å²) >= 11 is 0. The second-order valence-electron chi connectivity index (χ2n) is 8.19. The third-order valence-electron chi connectivity index (χ3n) is 4.55. The van der Waals surface area contributed by atoms with E-state index in [-0.39, 0.29) is 28.6 Å². The highest BCUT2D eigenvalue weighted by molar-refractivity contribution is 5.96. The summed E-state index contributed by atoms with van der Waals surface area (Å²) in [6.07, 6.45) is 1.72. The third kappa shape index (κ3) is 3.51. The van der Waals surface area contributed by atoms with E-state index in [0.717, 1.165) is 18.2 Å². The first-order valence-electron chi connectivity index (χ1n) is 8.36. The number of hydrogen-bond acceptors (Lipinski definition) is 3. The molecule has 1 aromatic carbocycles. The van der Waals surface area contributed by atoms with Gasteiger partial charge in [0, 0.05) is 24.3 Å². The first-order valence-corrected chi connectivity index (χ1v) is 8.36. The van der Waals surface area contributed by atoms with Gasteiger partial charge in [-0.2, -0.15) is 0 Å². The average molecular weight is 329 g/mol. The van der Waals surface area contributed by atoms with Crippen molar-refractivity contribution in [3.63, 3.8) is 0 Å². The molecule has 3 rings (SSSR count). The van der Waals surface area contributed by atoms with Gasteiger partial charge in [-0.3, -0.25) is 4.79 Å². The molecule has 24 heavy (non-hydrogen) atoms. The fourth-order valence-corrected chi connectivity index (χ4v) is 4.10. The Kier molecular flexibility index (Phi) is 4.00. The number of carbonyl (C=O) groups is 1. The van der Waals surface area contributed by atoms with Gasteiger partial charge in [-0.25, -0.2) is 4.79 Å². The minimum absolute atomic E-state index is 0.0402. The highest BCUT2D eigenvalue weighted by Gasteiger charge is 2.42. The second kappa shape index (κ2) is 5.74. The second-order valence-corrected chi connectivity index (χ2v) is 8.19. The minimum atomic E-state index is -0.591. The van der Waals surface area contributed by atoms with Crippen molar-refractivity contribution in [1.82, 2.24) is 5.32 Å². The fourth-order valence-electron chi connectivity index (χ4n) is 4.10. The predicted octanol–water partition coefficient (Wildman–Crippen LogP) is 1.81. The van der Waals surface area contributed by atoms with Gasteiger partial charge in [0.15, 0.2) is 0 Å². The molecule has 0 bridgehead atoms. The van der Waals surface area contributed by atoms with Crippen LogP contribution in [0.2, 0.25) is 0 Å². The lowest BCUT2D eigenvalue weighted by Gasteiger charge is -2.43. The van der Waals surface area contributed by atoms with Crippen LogP contribution in [0.5, 0.6) is 0 Å². The number of benzene rings is 1. The van der Waals surface area contributed by atoms with Crippen molar-refractivity contribution in [3.8, 4) is 0 Å². The Morgan fingerprint density at radius 2 is 1.79 bits per heavy atom. The van der Waals surface area contributed by atoms with Gasteiger partial charge in [-0.1, -0.05) is 18.2 Å². The molecular formula is C19H25N2O3+. The predicted molar refractivity (Wildman–Crippen MR) is 93.1 cm³/mol. The topological polar surface area (TPSA) is 75.9 Å². The molecule has 0 spiro atoms. The molecule has 2 aromatic rings. The number of para-hydroxylation sites is 1. The fraction of sp³-hybridized carbons (Fsp3) is 0.474. The van der Waals surface area contributed by atoms with Gasteiger partial charge in [0.25, 0.3) is 5.91 Å². The summed E-state index contributed by atoms with van der Waals surface area (Å²) in [7, 11) is 0. The Morgan fingerprint density at radius 1 is 1.17 bits per heavy atom. The van der Waals surface area contributed by atoms with Crippen LogP contribution in [0, 0.1) is 0 Å². The SMILES string of the molecule is CC1(C)CC(NC(=O)c2cc3ccccc3oc2=O)CC(C)(C)[NH2+]1. The van der Waals surface area contributed by atoms with Crippen molar-refractivity contribution < 1.29 is 14.5 Å². The summed E-state index contributed by atoms with van der Waals surface area (Å²) in [6.45, 7) is 8.71. The number of rotatable bonds is 2. The van der Waals surface area contributed by atoms with Gasteiger partial charge in [-0.15, -0.1) is 0 Å². The lowest BCUT2D eigenvalue weighted by molar-refractivity contribution is -0.787. The molecular weight excluding hydrogens is 304 g/mol. The van der Waals surface area contributed by atoms with Crippen molar-refractivity contribution in [2.24, 2.45) is 0 Å². The normalized spacial score (nSPS) is 20.0. The lowest BCUT2D eigenvalue weighted by atomic mass is 9.79. The minimum Gasteiger partial charge on any atom is -0.422 e. The lowest BCUT2D eigenvalue weighted by Crippen LogP contribution is -3.06. The van der Waals surface area contributed by atoms with Crippen LogP contribution in [0.3, 0.4) is 0 Å². The van der Waals surface area contributed by atoms with Gasteiger partial charge in [0.05, 0.1) is 11.1 Å². The third-order valence-corrected chi connectivity index (χ3v) is 4.55. The monoisotopic (exact) mass is 329 g/mol. The van der Waals surface area contributed by atoms with E-state index in [0.29, 0.717) is 5.58 Å².